The van der Waals surface area contributed by atoms with Crippen LogP contribution < -0.4 is 0 Å². The van der Waals surface area contributed by atoms with Gasteiger partial charge in [0.05, 0.1) is 4.47 Å². The van der Waals surface area contributed by atoms with Crippen LogP contribution in [-0.2, 0) is 4.74 Å². The van der Waals surface area contributed by atoms with Crippen LogP contribution in [0.4, 0.5) is 0 Å². The van der Waals surface area contributed by atoms with E-state index in [0.717, 1.165) is 0 Å². The molecule has 0 amide bonds. The first-order valence-corrected chi connectivity index (χ1v) is 5.76. The number of ether oxygens (including phenoxy) is 1. The Labute approximate surface area is 107 Å². The maximum Gasteiger partial charge on any atom is 0.258 e. The molecule has 2 rings (SSSR count). The summed E-state index contributed by atoms with van der Waals surface area (Å²) < 4.78 is 10.8. The topological polar surface area (TPSA) is 68.4 Å². The molecule has 0 aliphatic rings. The molecule has 0 saturated heterocycles. The van der Waals surface area contributed by atoms with Gasteiger partial charge < -0.3 is 14.4 Å². The van der Waals surface area contributed by atoms with Crippen molar-refractivity contribution in [2.75, 3.05) is 7.11 Å². The Balaban J connectivity index is 2.33. The van der Waals surface area contributed by atoms with E-state index in [0.29, 0.717) is 21.8 Å². The fourth-order valence-corrected chi connectivity index (χ4v) is 1.51. The largest absolute Gasteiger partial charge is 0.507 e. The SMILES string of the molecule is COC(C)c1noc(-c2ccc(Br)c(O)c2)n1. The van der Waals surface area contributed by atoms with Crippen molar-refractivity contribution in [3.05, 3.63) is 28.5 Å². The van der Waals surface area contributed by atoms with E-state index < -0.39 is 0 Å². The number of aromatic nitrogens is 2. The van der Waals surface area contributed by atoms with Crippen molar-refractivity contribution in [3.63, 3.8) is 0 Å². The van der Waals surface area contributed by atoms with Crippen LogP contribution in [0.2, 0.25) is 0 Å². The molecule has 90 valence electrons. The minimum absolute atomic E-state index is 0.127. The normalized spacial score (nSPS) is 12.6. The summed E-state index contributed by atoms with van der Waals surface area (Å²) in [5.74, 6) is 0.957. The predicted molar refractivity (Wildman–Crippen MR) is 64.5 cm³/mol. The maximum absolute atomic E-state index is 9.56. The number of phenols is 1. The second-order valence-corrected chi connectivity index (χ2v) is 4.36. The number of methoxy groups -OCH3 is 1. The summed E-state index contributed by atoms with van der Waals surface area (Å²) in [5, 5.41) is 13.4. The predicted octanol–water partition coefficient (Wildman–Crippen LogP) is 2.91. The molecule has 2 aromatic rings. The molecule has 1 N–H and O–H groups in total. The molecule has 0 radical (unpaired) electrons. The number of benzene rings is 1. The van der Waals surface area contributed by atoms with Crippen LogP contribution in [0, 0.1) is 0 Å². The number of phenolic OH excluding ortho intramolecular Hbond substituents is 1. The monoisotopic (exact) mass is 298 g/mol. The van der Waals surface area contributed by atoms with Crippen molar-refractivity contribution in [3.8, 4) is 17.2 Å². The van der Waals surface area contributed by atoms with Gasteiger partial charge in [-0.2, -0.15) is 4.98 Å². The average molecular weight is 299 g/mol. The zero-order valence-electron chi connectivity index (χ0n) is 9.35. The lowest BCUT2D eigenvalue weighted by Gasteiger charge is -2.01. The van der Waals surface area contributed by atoms with Gasteiger partial charge in [-0.1, -0.05) is 5.16 Å². The molecule has 0 saturated carbocycles. The first kappa shape index (κ1) is 12.1. The number of nitrogens with zero attached hydrogens (tertiary/aromatic N) is 2. The summed E-state index contributed by atoms with van der Waals surface area (Å²) in [7, 11) is 1.58. The Kier molecular flexibility index (Phi) is 3.44. The Morgan fingerprint density at radius 2 is 2.24 bits per heavy atom. The van der Waals surface area contributed by atoms with Gasteiger partial charge in [0.1, 0.15) is 11.9 Å². The number of hydrogen-bond acceptors (Lipinski definition) is 5. The van der Waals surface area contributed by atoms with Crippen LogP contribution in [0.15, 0.2) is 27.2 Å². The lowest BCUT2D eigenvalue weighted by Crippen LogP contribution is -1.97. The van der Waals surface area contributed by atoms with E-state index in [-0.39, 0.29) is 11.9 Å². The highest BCUT2D eigenvalue weighted by atomic mass is 79.9. The third-order valence-electron chi connectivity index (χ3n) is 2.35. The second-order valence-electron chi connectivity index (χ2n) is 3.50. The zero-order valence-corrected chi connectivity index (χ0v) is 10.9. The minimum atomic E-state index is -0.225. The van der Waals surface area contributed by atoms with Gasteiger partial charge in [0.15, 0.2) is 0 Å². The number of aromatic hydroxyl groups is 1. The molecule has 17 heavy (non-hydrogen) atoms. The van der Waals surface area contributed by atoms with Crippen molar-refractivity contribution in [1.82, 2.24) is 10.1 Å². The van der Waals surface area contributed by atoms with Crippen molar-refractivity contribution in [2.45, 2.75) is 13.0 Å². The van der Waals surface area contributed by atoms with Gasteiger partial charge in [0.2, 0.25) is 5.82 Å². The summed E-state index contributed by atoms with van der Waals surface area (Å²) in [6.45, 7) is 1.83. The summed E-state index contributed by atoms with van der Waals surface area (Å²) in [6.07, 6.45) is -0.225. The highest BCUT2D eigenvalue weighted by molar-refractivity contribution is 9.10. The van der Waals surface area contributed by atoms with Crippen LogP contribution in [0.1, 0.15) is 18.9 Å². The van der Waals surface area contributed by atoms with Gasteiger partial charge in [0.25, 0.3) is 5.89 Å². The number of halogens is 1. The Hall–Kier alpha value is -1.40. The van der Waals surface area contributed by atoms with E-state index in [4.69, 9.17) is 9.26 Å². The first-order chi connectivity index (χ1) is 8.11. The van der Waals surface area contributed by atoms with Gasteiger partial charge in [0, 0.05) is 12.7 Å². The molecule has 0 spiro atoms. The Morgan fingerprint density at radius 1 is 1.47 bits per heavy atom. The third kappa shape index (κ3) is 2.48. The molecule has 0 aliphatic carbocycles. The standard InChI is InChI=1S/C11H11BrN2O3/c1-6(16-2)10-13-11(17-14-10)7-3-4-8(12)9(15)5-7/h3-6,15H,1-2H3. The highest BCUT2D eigenvalue weighted by Gasteiger charge is 2.14. The minimum Gasteiger partial charge on any atom is -0.507 e. The van der Waals surface area contributed by atoms with Gasteiger partial charge in [-0.15, -0.1) is 0 Å². The van der Waals surface area contributed by atoms with Gasteiger partial charge in [-0.3, -0.25) is 0 Å². The first-order valence-electron chi connectivity index (χ1n) is 4.97. The fraction of sp³-hybridized carbons (Fsp3) is 0.273. The average Bonchev–Trinajstić information content (AvgIpc) is 2.81. The molecule has 1 heterocycles. The van der Waals surface area contributed by atoms with Crippen molar-refractivity contribution < 1.29 is 14.4 Å². The molecule has 6 heteroatoms. The van der Waals surface area contributed by atoms with Crippen molar-refractivity contribution >= 4 is 15.9 Å². The third-order valence-corrected chi connectivity index (χ3v) is 3.02. The molecule has 0 aliphatic heterocycles. The smallest absolute Gasteiger partial charge is 0.258 e. The molecule has 1 aromatic heterocycles. The fourth-order valence-electron chi connectivity index (χ4n) is 1.27. The molecule has 0 bridgehead atoms. The summed E-state index contributed by atoms with van der Waals surface area (Å²) in [5.41, 5.74) is 0.660. The summed E-state index contributed by atoms with van der Waals surface area (Å²) in [4.78, 5) is 4.19. The quantitative estimate of drug-likeness (QED) is 0.943. The van der Waals surface area contributed by atoms with Gasteiger partial charge in [-0.25, -0.2) is 0 Å². The van der Waals surface area contributed by atoms with Crippen LogP contribution in [0.25, 0.3) is 11.5 Å². The van der Waals surface area contributed by atoms with E-state index in [2.05, 4.69) is 26.1 Å². The Bertz CT molecular complexity index is 527. The van der Waals surface area contributed by atoms with Crippen LogP contribution >= 0.6 is 15.9 Å². The molecular formula is C11H11BrN2O3. The van der Waals surface area contributed by atoms with E-state index in [1.807, 2.05) is 6.92 Å². The van der Waals surface area contributed by atoms with E-state index in [1.54, 1.807) is 25.3 Å². The van der Waals surface area contributed by atoms with E-state index in [9.17, 15) is 5.11 Å². The molecule has 1 atom stereocenters. The van der Waals surface area contributed by atoms with Crippen molar-refractivity contribution in [2.24, 2.45) is 0 Å². The molecular weight excluding hydrogens is 288 g/mol. The maximum atomic E-state index is 9.56. The zero-order chi connectivity index (χ0) is 12.4. The lowest BCUT2D eigenvalue weighted by molar-refractivity contribution is 0.109. The van der Waals surface area contributed by atoms with Crippen molar-refractivity contribution in [1.29, 1.82) is 0 Å². The molecule has 1 unspecified atom stereocenters. The molecule has 0 fully saturated rings. The Morgan fingerprint density at radius 3 is 2.88 bits per heavy atom. The van der Waals surface area contributed by atoms with Crippen LogP contribution in [-0.4, -0.2) is 22.4 Å². The van der Waals surface area contributed by atoms with Crippen LogP contribution in [0.5, 0.6) is 5.75 Å². The van der Waals surface area contributed by atoms with Crippen LogP contribution in [0.3, 0.4) is 0 Å². The summed E-state index contributed by atoms with van der Waals surface area (Å²) >= 11 is 3.20. The van der Waals surface area contributed by atoms with Gasteiger partial charge in [-0.05, 0) is 41.1 Å². The highest BCUT2D eigenvalue weighted by Crippen LogP contribution is 2.29. The van der Waals surface area contributed by atoms with E-state index in [1.165, 1.54) is 0 Å². The van der Waals surface area contributed by atoms with E-state index >= 15 is 0 Å². The summed E-state index contributed by atoms with van der Waals surface area (Å²) in [6, 6.07) is 5.05. The number of rotatable bonds is 3. The molecule has 1 aromatic carbocycles. The number of hydrogen-bond donors (Lipinski definition) is 1. The van der Waals surface area contributed by atoms with Gasteiger partial charge >= 0.3 is 0 Å². The lowest BCUT2D eigenvalue weighted by atomic mass is 10.2. The molecule has 5 nitrogen and oxygen atoms in total. The second kappa shape index (κ2) is 4.85.